The van der Waals surface area contributed by atoms with Gasteiger partial charge in [0.1, 0.15) is 18.1 Å². The molecule has 0 unspecified atom stereocenters. The van der Waals surface area contributed by atoms with Crippen LogP contribution in [0, 0.1) is 0 Å². The highest BCUT2D eigenvalue weighted by Crippen LogP contribution is 2.38. The molecule has 0 aromatic heterocycles. The molecule has 0 spiro atoms. The van der Waals surface area contributed by atoms with Crippen LogP contribution in [0.15, 0.2) is 23.1 Å². The van der Waals surface area contributed by atoms with Crippen molar-refractivity contribution < 1.29 is 17.9 Å². The Balaban J connectivity index is 1.95. The Morgan fingerprint density at radius 3 is 2.60 bits per heavy atom. The molecule has 2 N–H and O–H groups in total. The molecule has 110 valence electrons. The number of nitrogens with zero attached hydrogens (tertiary/aromatic N) is 1. The fourth-order valence-corrected chi connectivity index (χ4v) is 4.12. The predicted molar refractivity (Wildman–Crippen MR) is 73.4 cm³/mol. The molecule has 0 amide bonds. The number of hydrogen-bond acceptors (Lipinski definition) is 5. The lowest BCUT2D eigenvalue weighted by Crippen LogP contribution is -2.42. The summed E-state index contributed by atoms with van der Waals surface area (Å²) in [6, 6.07) is 5.05. The number of fused-ring (bicyclic) bond motifs is 1. The second-order valence-corrected chi connectivity index (χ2v) is 6.93. The van der Waals surface area contributed by atoms with Gasteiger partial charge in [0, 0.05) is 19.1 Å². The van der Waals surface area contributed by atoms with Crippen LogP contribution in [0.2, 0.25) is 0 Å². The molecule has 3 rings (SSSR count). The van der Waals surface area contributed by atoms with Gasteiger partial charge in [0.15, 0.2) is 11.5 Å². The molecule has 1 aromatic carbocycles. The van der Waals surface area contributed by atoms with Crippen molar-refractivity contribution in [2.24, 2.45) is 5.73 Å². The van der Waals surface area contributed by atoms with E-state index in [4.69, 9.17) is 15.2 Å². The second-order valence-electron chi connectivity index (χ2n) is 5.02. The van der Waals surface area contributed by atoms with Gasteiger partial charge in [-0.3, -0.25) is 0 Å². The molecule has 2 heterocycles. The largest absolute Gasteiger partial charge is 0.486 e. The molecule has 2 aliphatic heterocycles. The third kappa shape index (κ3) is 2.36. The van der Waals surface area contributed by atoms with Crippen LogP contribution in [-0.4, -0.2) is 45.1 Å². The quantitative estimate of drug-likeness (QED) is 0.863. The fraction of sp³-hybridized carbons (Fsp3) is 0.538. The van der Waals surface area contributed by atoms with Crippen LogP contribution in [0.4, 0.5) is 0 Å². The minimum absolute atomic E-state index is 0.0886. The van der Waals surface area contributed by atoms with E-state index in [1.165, 1.54) is 4.31 Å². The zero-order valence-corrected chi connectivity index (χ0v) is 11.9. The van der Waals surface area contributed by atoms with Gasteiger partial charge in [-0.05, 0) is 25.0 Å². The van der Waals surface area contributed by atoms with Gasteiger partial charge in [0.2, 0.25) is 10.0 Å². The van der Waals surface area contributed by atoms with Crippen molar-refractivity contribution in [2.45, 2.75) is 23.8 Å². The standard InChI is InChI=1S/C13H18N2O4S/c14-10-4-6-15(7-5-10)20(16,17)12-3-1-2-11-13(12)19-9-8-18-11/h1-3,10H,4-9,14H2. The second kappa shape index (κ2) is 5.23. The smallest absolute Gasteiger partial charge is 0.246 e. The molecule has 1 aromatic rings. The first-order valence-corrected chi connectivity index (χ1v) is 8.17. The summed E-state index contributed by atoms with van der Waals surface area (Å²) >= 11 is 0. The summed E-state index contributed by atoms with van der Waals surface area (Å²) in [5.41, 5.74) is 5.82. The summed E-state index contributed by atoms with van der Waals surface area (Å²) in [5, 5.41) is 0. The van der Waals surface area contributed by atoms with E-state index in [0.717, 1.165) is 0 Å². The Bertz CT molecular complexity index is 594. The first-order valence-electron chi connectivity index (χ1n) is 6.73. The summed E-state index contributed by atoms with van der Waals surface area (Å²) in [4.78, 5) is 0.185. The zero-order chi connectivity index (χ0) is 14.2. The van der Waals surface area contributed by atoms with E-state index >= 15 is 0 Å². The zero-order valence-electron chi connectivity index (χ0n) is 11.1. The van der Waals surface area contributed by atoms with Gasteiger partial charge in [0.25, 0.3) is 0 Å². The number of rotatable bonds is 2. The topological polar surface area (TPSA) is 81.9 Å². The molecule has 0 aliphatic carbocycles. The van der Waals surface area contributed by atoms with E-state index in [-0.39, 0.29) is 10.9 Å². The van der Waals surface area contributed by atoms with Crippen LogP contribution in [0.25, 0.3) is 0 Å². The molecule has 2 aliphatic rings. The number of hydrogen-bond donors (Lipinski definition) is 1. The first-order chi connectivity index (χ1) is 9.59. The number of nitrogens with two attached hydrogens (primary N) is 1. The van der Waals surface area contributed by atoms with E-state index in [1.54, 1.807) is 18.2 Å². The SMILES string of the molecule is NC1CCN(S(=O)(=O)c2cccc3c2OCCO3)CC1. The molecule has 0 atom stereocenters. The molecule has 20 heavy (non-hydrogen) atoms. The average Bonchev–Trinajstić information content (AvgIpc) is 2.47. The first kappa shape index (κ1) is 13.7. The fourth-order valence-electron chi connectivity index (χ4n) is 2.51. The molecule has 0 bridgehead atoms. The molecule has 6 nitrogen and oxygen atoms in total. The van der Waals surface area contributed by atoms with Crippen molar-refractivity contribution in [3.8, 4) is 11.5 Å². The van der Waals surface area contributed by atoms with E-state index in [9.17, 15) is 8.42 Å². The summed E-state index contributed by atoms with van der Waals surface area (Å²) in [6.07, 6.45) is 1.37. The highest BCUT2D eigenvalue weighted by Gasteiger charge is 2.32. The van der Waals surface area contributed by atoms with Crippen LogP contribution in [0.3, 0.4) is 0 Å². The lowest BCUT2D eigenvalue weighted by molar-refractivity contribution is 0.166. The lowest BCUT2D eigenvalue weighted by Gasteiger charge is -2.30. The Labute approximate surface area is 118 Å². The number of para-hydroxylation sites is 1. The molecule has 0 saturated carbocycles. The number of sulfonamides is 1. The van der Waals surface area contributed by atoms with Gasteiger partial charge in [0.05, 0.1) is 0 Å². The lowest BCUT2D eigenvalue weighted by atomic mass is 10.1. The number of benzene rings is 1. The minimum Gasteiger partial charge on any atom is -0.486 e. The Morgan fingerprint density at radius 2 is 1.85 bits per heavy atom. The third-order valence-electron chi connectivity index (χ3n) is 3.65. The van der Waals surface area contributed by atoms with Gasteiger partial charge >= 0.3 is 0 Å². The highest BCUT2D eigenvalue weighted by molar-refractivity contribution is 7.89. The summed E-state index contributed by atoms with van der Waals surface area (Å²) in [5.74, 6) is 0.819. The molecular formula is C13H18N2O4S. The van der Waals surface area contributed by atoms with Crippen molar-refractivity contribution in [2.75, 3.05) is 26.3 Å². The van der Waals surface area contributed by atoms with E-state index < -0.39 is 10.0 Å². The van der Waals surface area contributed by atoms with Gasteiger partial charge in [-0.2, -0.15) is 4.31 Å². The van der Waals surface area contributed by atoms with Crippen molar-refractivity contribution in [3.63, 3.8) is 0 Å². The minimum atomic E-state index is -3.55. The van der Waals surface area contributed by atoms with Crippen LogP contribution in [0.5, 0.6) is 11.5 Å². The van der Waals surface area contributed by atoms with Crippen LogP contribution in [0.1, 0.15) is 12.8 Å². The predicted octanol–water partition coefficient (Wildman–Crippen LogP) is 0.570. The van der Waals surface area contributed by atoms with Crippen LogP contribution >= 0.6 is 0 Å². The van der Waals surface area contributed by atoms with Crippen molar-refractivity contribution in [3.05, 3.63) is 18.2 Å². The summed E-state index contributed by atoms with van der Waals surface area (Å²) in [6.45, 7) is 1.71. The van der Waals surface area contributed by atoms with Gasteiger partial charge < -0.3 is 15.2 Å². The monoisotopic (exact) mass is 298 g/mol. The molecule has 7 heteroatoms. The van der Waals surface area contributed by atoms with Crippen LogP contribution in [-0.2, 0) is 10.0 Å². The van der Waals surface area contributed by atoms with Gasteiger partial charge in [-0.25, -0.2) is 8.42 Å². The molecule has 0 radical (unpaired) electrons. The van der Waals surface area contributed by atoms with Gasteiger partial charge in [-0.1, -0.05) is 6.07 Å². The van der Waals surface area contributed by atoms with E-state index in [0.29, 0.717) is 50.6 Å². The number of piperidine rings is 1. The average molecular weight is 298 g/mol. The van der Waals surface area contributed by atoms with Crippen LogP contribution < -0.4 is 15.2 Å². The maximum atomic E-state index is 12.7. The van der Waals surface area contributed by atoms with Crippen molar-refractivity contribution in [1.82, 2.24) is 4.31 Å². The Morgan fingerprint density at radius 1 is 1.15 bits per heavy atom. The van der Waals surface area contributed by atoms with E-state index in [2.05, 4.69) is 0 Å². The third-order valence-corrected chi connectivity index (χ3v) is 5.57. The highest BCUT2D eigenvalue weighted by atomic mass is 32.2. The number of ether oxygens (including phenoxy) is 2. The summed E-state index contributed by atoms with van der Waals surface area (Å²) in [7, 11) is -3.55. The molecule has 1 saturated heterocycles. The summed E-state index contributed by atoms with van der Waals surface area (Å²) < 4.78 is 37.8. The van der Waals surface area contributed by atoms with Gasteiger partial charge in [-0.15, -0.1) is 0 Å². The Hall–Kier alpha value is -1.31. The Kier molecular flexibility index (Phi) is 3.57. The van der Waals surface area contributed by atoms with Crippen molar-refractivity contribution >= 4 is 10.0 Å². The maximum Gasteiger partial charge on any atom is 0.246 e. The van der Waals surface area contributed by atoms with E-state index in [1.807, 2.05) is 0 Å². The molecule has 1 fully saturated rings. The van der Waals surface area contributed by atoms with Crippen molar-refractivity contribution in [1.29, 1.82) is 0 Å². The molecular weight excluding hydrogens is 280 g/mol. The maximum absolute atomic E-state index is 12.7. The normalized spacial score (nSPS) is 20.9.